The van der Waals surface area contributed by atoms with Crippen LogP contribution in [0.25, 0.3) is 0 Å². The van der Waals surface area contributed by atoms with E-state index in [1.807, 2.05) is 0 Å². The van der Waals surface area contributed by atoms with Gasteiger partial charge >= 0.3 is 0 Å². The molecule has 0 bridgehead atoms. The van der Waals surface area contributed by atoms with Crippen LogP contribution in [0.5, 0.6) is 0 Å². The number of hydrogen-bond acceptors (Lipinski definition) is 6. The van der Waals surface area contributed by atoms with Gasteiger partial charge in [0.05, 0.1) is 18.3 Å². The second-order valence-corrected chi connectivity index (χ2v) is 8.14. The Kier molecular flexibility index (Phi) is 5.00. The average Bonchev–Trinajstić information content (AvgIpc) is 3.17. The molecule has 0 radical (unpaired) electrons. The summed E-state index contributed by atoms with van der Waals surface area (Å²) >= 11 is 1.54. The second-order valence-electron chi connectivity index (χ2n) is 7.05. The van der Waals surface area contributed by atoms with E-state index in [1.165, 1.54) is 11.3 Å². The third-order valence-corrected chi connectivity index (χ3v) is 5.90. The lowest BCUT2D eigenvalue weighted by Gasteiger charge is -2.25. The van der Waals surface area contributed by atoms with Crippen LogP contribution in [0, 0.1) is 5.92 Å². The molecular weight excluding hydrogens is 340 g/mol. The number of ether oxygens (including phenoxy) is 1. The van der Waals surface area contributed by atoms with Gasteiger partial charge in [-0.05, 0) is 25.7 Å². The SMILES string of the molecule is O=C(CN1CCc2nc(NC(=O)C3CC3)sc2C1)NCC1CCCO1. The van der Waals surface area contributed by atoms with Gasteiger partial charge in [0.2, 0.25) is 11.8 Å². The van der Waals surface area contributed by atoms with Crippen LogP contribution < -0.4 is 10.6 Å². The van der Waals surface area contributed by atoms with E-state index >= 15 is 0 Å². The van der Waals surface area contributed by atoms with Crippen LogP contribution in [0.1, 0.15) is 36.3 Å². The normalized spacial score (nSPS) is 23.3. The van der Waals surface area contributed by atoms with Gasteiger partial charge in [-0.25, -0.2) is 4.98 Å². The first-order chi connectivity index (χ1) is 12.2. The number of carbonyl (C=O) groups is 2. The molecule has 3 aliphatic rings. The van der Waals surface area contributed by atoms with Crippen LogP contribution >= 0.6 is 11.3 Å². The Bertz CT molecular complexity index is 652. The van der Waals surface area contributed by atoms with E-state index in [0.29, 0.717) is 18.2 Å². The summed E-state index contributed by atoms with van der Waals surface area (Å²) in [6.07, 6.45) is 5.10. The molecule has 25 heavy (non-hydrogen) atoms. The van der Waals surface area contributed by atoms with E-state index in [1.54, 1.807) is 0 Å². The Morgan fingerprint density at radius 2 is 2.20 bits per heavy atom. The Balaban J connectivity index is 1.26. The fourth-order valence-corrected chi connectivity index (χ4v) is 4.34. The van der Waals surface area contributed by atoms with E-state index < -0.39 is 0 Å². The zero-order valence-electron chi connectivity index (χ0n) is 14.3. The topological polar surface area (TPSA) is 83.6 Å². The molecule has 0 aromatic carbocycles. The van der Waals surface area contributed by atoms with Gasteiger partial charge in [-0.2, -0.15) is 0 Å². The number of rotatable bonds is 6. The predicted octanol–water partition coefficient (Wildman–Crippen LogP) is 1.14. The highest BCUT2D eigenvalue weighted by molar-refractivity contribution is 7.15. The number of aromatic nitrogens is 1. The molecule has 1 aliphatic carbocycles. The first-order valence-corrected chi connectivity index (χ1v) is 9.89. The van der Waals surface area contributed by atoms with Crippen molar-refractivity contribution in [1.29, 1.82) is 0 Å². The average molecular weight is 364 g/mol. The maximum atomic E-state index is 12.1. The van der Waals surface area contributed by atoms with Crippen LogP contribution in [0.2, 0.25) is 0 Å². The van der Waals surface area contributed by atoms with Crippen molar-refractivity contribution >= 4 is 28.3 Å². The summed E-state index contributed by atoms with van der Waals surface area (Å²) in [7, 11) is 0. The Morgan fingerprint density at radius 1 is 1.32 bits per heavy atom. The summed E-state index contributed by atoms with van der Waals surface area (Å²) in [5.74, 6) is 0.326. The molecule has 3 heterocycles. The first kappa shape index (κ1) is 16.9. The largest absolute Gasteiger partial charge is 0.376 e. The van der Waals surface area contributed by atoms with Crippen LogP contribution in [0.3, 0.4) is 0 Å². The zero-order valence-corrected chi connectivity index (χ0v) is 15.1. The van der Waals surface area contributed by atoms with E-state index in [0.717, 1.165) is 62.4 Å². The lowest BCUT2D eigenvalue weighted by molar-refractivity contribution is -0.123. The quantitative estimate of drug-likeness (QED) is 0.791. The Morgan fingerprint density at radius 3 is 2.96 bits per heavy atom. The molecule has 1 aromatic heterocycles. The zero-order chi connectivity index (χ0) is 17.2. The summed E-state index contributed by atoms with van der Waals surface area (Å²) < 4.78 is 5.53. The minimum Gasteiger partial charge on any atom is -0.376 e. The minimum atomic E-state index is 0.0470. The molecule has 2 fully saturated rings. The van der Waals surface area contributed by atoms with Crippen molar-refractivity contribution in [3.05, 3.63) is 10.6 Å². The van der Waals surface area contributed by atoms with Crippen molar-refractivity contribution in [1.82, 2.24) is 15.2 Å². The molecule has 1 aromatic rings. The number of nitrogens with zero attached hydrogens (tertiary/aromatic N) is 2. The minimum absolute atomic E-state index is 0.0470. The second kappa shape index (κ2) is 7.39. The highest BCUT2D eigenvalue weighted by Crippen LogP contribution is 2.32. The highest BCUT2D eigenvalue weighted by atomic mass is 32.1. The van der Waals surface area contributed by atoms with Gasteiger partial charge in [0, 0.05) is 43.5 Å². The maximum absolute atomic E-state index is 12.1. The summed E-state index contributed by atoms with van der Waals surface area (Å²) in [6.45, 7) is 3.35. The third-order valence-electron chi connectivity index (χ3n) is 4.91. The molecule has 2 N–H and O–H groups in total. The van der Waals surface area contributed by atoms with Crippen molar-refractivity contribution < 1.29 is 14.3 Å². The summed E-state index contributed by atoms with van der Waals surface area (Å²) in [4.78, 5) is 31.8. The molecule has 4 rings (SSSR count). The standard InChI is InChI=1S/C17H24N4O3S/c22-15(18-8-12-2-1-7-24-12)10-21-6-5-13-14(9-21)25-17(19-13)20-16(23)11-3-4-11/h11-12H,1-10H2,(H,18,22)(H,19,20,23). The van der Waals surface area contributed by atoms with Gasteiger partial charge in [0.1, 0.15) is 0 Å². The Labute approximate surface area is 151 Å². The maximum Gasteiger partial charge on any atom is 0.234 e. The van der Waals surface area contributed by atoms with Gasteiger partial charge in [-0.15, -0.1) is 11.3 Å². The molecule has 7 nitrogen and oxygen atoms in total. The number of fused-ring (bicyclic) bond motifs is 1. The lowest BCUT2D eigenvalue weighted by atomic mass is 10.2. The van der Waals surface area contributed by atoms with Crippen LogP contribution in [0.4, 0.5) is 5.13 Å². The highest BCUT2D eigenvalue weighted by Gasteiger charge is 2.31. The number of nitrogens with one attached hydrogen (secondary N) is 2. The molecule has 1 saturated heterocycles. The Hall–Kier alpha value is -1.51. The van der Waals surface area contributed by atoms with Crippen molar-refractivity contribution in [2.24, 2.45) is 5.92 Å². The molecule has 1 atom stereocenters. The van der Waals surface area contributed by atoms with Crippen molar-refractivity contribution in [2.75, 3.05) is 31.6 Å². The number of anilines is 1. The smallest absolute Gasteiger partial charge is 0.234 e. The number of amides is 2. The predicted molar refractivity (Wildman–Crippen MR) is 94.4 cm³/mol. The van der Waals surface area contributed by atoms with E-state index in [-0.39, 0.29) is 23.8 Å². The van der Waals surface area contributed by atoms with E-state index in [2.05, 4.69) is 20.5 Å². The van der Waals surface area contributed by atoms with Crippen LogP contribution in [0.15, 0.2) is 0 Å². The van der Waals surface area contributed by atoms with Crippen LogP contribution in [-0.2, 0) is 27.3 Å². The number of thiazole rings is 1. The lowest BCUT2D eigenvalue weighted by Crippen LogP contribution is -2.41. The van der Waals surface area contributed by atoms with Crippen molar-refractivity contribution in [3.8, 4) is 0 Å². The molecule has 136 valence electrons. The monoisotopic (exact) mass is 364 g/mol. The first-order valence-electron chi connectivity index (χ1n) is 9.07. The molecule has 2 aliphatic heterocycles. The third kappa shape index (κ3) is 4.37. The molecular formula is C17H24N4O3S. The molecule has 1 saturated carbocycles. The van der Waals surface area contributed by atoms with Crippen LogP contribution in [-0.4, -0.2) is 54.0 Å². The number of hydrogen-bond donors (Lipinski definition) is 2. The summed E-state index contributed by atoms with van der Waals surface area (Å²) in [5, 5.41) is 6.60. The van der Waals surface area contributed by atoms with Gasteiger partial charge in [-0.1, -0.05) is 0 Å². The molecule has 2 amide bonds. The van der Waals surface area contributed by atoms with Gasteiger partial charge in [0.25, 0.3) is 0 Å². The summed E-state index contributed by atoms with van der Waals surface area (Å²) in [5.41, 5.74) is 1.06. The van der Waals surface area contributed by atoms with E-state index in [9.17, 15) is 9.59 Å². The van der Waals surface area contributed by atoms with Crippen molar-refractivity contribution in [3.63, 3.8) is 0 Å². The van der Waals surface area contributed by atoms with Gasteiger partial charge in [-0.3, -0.25) is 14.5 Å². The van der Waals surface area contributed by atoms with E-state index in [4.69, 9.17) is 4.74 Å². The molecule has 0 spiro atoms. The van der Waals surface area contributed by atoms with Crippen molar-refractivity contribution in [2.45, 2.75) is 44.8 Å². The molecule has 1 unspecified atom stereocenters. The fraction of sp³-hybridized carbons (Fsp3) is 0.706. The molecule has 8 heteroatoms. The fourth-order valence-electron chi connectivity index (χ4n) is 3.28. The van der Waals surface area contributed by atoms with Gasteiger partial charge < -0.3 is 15.4 Å². The van der Waals surface area contributed by atoms with Gasteiger partial charge in [0.15, 0.2) is 5.13 Å². The number of carbonyl (C=O) groups excluding carboxylic acids is 2. The summed E-state index contributed by atoms with van der Waals surface area (Å²) in [6, 6.07) is 0.